The summed E-state index contributed by atoms with van der Waals surface area (Å²) in [5.74, 6) is 0.517. The largest absolute Gasteiger partial charge is 0.370 e. The minimum Gasteiger partial charge on any atom is -0.370 e. The number of nitrogens with two attached hydrogens (primary N) is 2. The Hall–Kier alpha value is -0.530. The second kappa shape index (κ2) is 8.09. The van der Waals surface area contributed by atoms with Gasteiger partial charge in [0.2, 0.25) is 5.96 Å². The molecule has 6 heteroatoms. The monoisotopic (exact) mass is 299 g/mol. The van der Waals surface area contributed by atoms with Crippen molar-refractivity contribution >= 4 is 35.9 Å². The molecule has 0 saturated heterocycles. The highest BCUT2D eigenvalue weighted by atomic mass is 127. The molecule has 0 radical (unpaired) electrons. The number of nitrogens with zero attached hydrogens (tertiary/aromatic N) is 2. The van der Waals surface area contributed by atoms with Crippen LogP contribution in [0.25, 0.3) is 0 Å². The lowest BCUT2D eigenvalue weighted by molar-refractivity contribution is 0.725. The van der Waals surface area contributed by atoms with Gasteiger partial charge in [0.25, 0.3) is 0 Å². The summed E-state index contributed by atoms with van der Waals surface area (Å²) in [7, 11) is 0. The van der Waals surface area contributed by atoms with Crippen LogP contribution in [0.3, 0.4) is 0 Å². The molecule has 0 atom stereocenters. The highest BCUT2D eigenvalue weighted by Gasteiger charge is 1.97. The maximum Gasteiger partial charge on any atom is 0.221 e. The van der Waals surface area contributed by atoms with Crippen molar-refractivity contribution in [1.82, 2.24) is 5.32 Å². The smallest absolute Gasteiger partial charge is 0.221 e. The van der Waals surface area contributed by atoms with E-state index in [1.165, 1.54) is 0 Å². The fourth-order valence-electron chi connectivity index (χ4n) is 0.644. The quantitative estimate of drug-likeness (QED) is 0.388. The molecule has 0 bridgehead atoms. The van der Waals surface area contributed by atoms with Gasteiger partial charge in [-0.25, -0.2) is 0 Å². The van der Waals surface area contributed by atoms with E-state index in [0.29, 0.717) is 12.5 Å². The topological polar surface area (TPSA) is 88.8 Å². The Morgan fingerprint density at radius 2 is 1.92 bits per heavy atom. The van der Waals surface area contributed by atoms with Gasteiger partial charge in [-0.1, -0.05) is 0 Å². The lowest BCUT2D eigenvalue weighted by atomic mass is 10.4. The summed E-state index contributed by atoms with van der Waals surface area (Å²) in [5.41, 5.74) is 10.4. The van der Waals surface area contributed by atoms with Crippen LogP contribution < -0.4 is 16.8 Å². The first-order chi connectivity index (χ1) is 5.56. The number of aliphatic imine (C=N–C) groups is 2. The number of nitrogens with one attached hydrogen (secondary N) is 1. The average molecular weight is 299 g/mol. The van der Waals surface area contributed by atoms with Crippen LogP contribution in [0.2, 0.25) is 0 Å². The molecule has 0 aromatic heterocycles. The van der Waals surface area contributed by atoms with Crippen LogP contribution in [0.15, 0.2) is 9.98 Å². The Labute approximate surface area is 96.1 Å². The number of rotatable bonds is 2. The van der Waals surface area contributed by atoms with Crippen LogP contribution in [0.1, 0.15) is 20.8 Å². The Balaban J connectivity index is 0. The molecular weight excluding hydrogens is 281 g/mol. The van der Waals surface area contributed by atoms with Gasteiger partial charge in [-0.3, -0.25) is 4.99 Å². The minimum atomic E-state index is 0. The first kappa shape index (κ1) is 15.0. The highest BCUT2D eigenvalue weighted by molar-refractivity contribution is 14.0. The summed E-state index contributed by atoms with van der Waals surface area (Å²) < 4.78 is 0. The molecule has 0 aliphatic heterocycles. The van der Waals surface area contributed by atoms with Gasteiger partial charge in [0.05, 0.1) is 0 Å². The van der Waals surface area contributed by atoms with E-state index >= 15 is 0 Å². The molecule has 0 heterocycles. The van der Waals surface area contributed by atoms with Crippen molar-refractivity contribution < 1.29 is 0 Å². The van der Waals surface area contributed by atoms with E-state index in [1.807, 2.05) is 20.8 Å². The zero-order valence-corrected chi connectivity index (χ0v) is 10.6. The summed E-state index contributed by atoms with van der Waals surface area (Å²) >= 11 is 0. The van der Waals surface area contributed by atoms with Crippen molar-refractivity contribution in [3.8, 4) is 0 Å². The molecule has 0 unspecified atom stereocenters. The lowest BCUT2D eigenvalue weighted by Gasteiger charge is -2.08. The molecule has 0 rings (SSSR count). The average Bonchev–Trinajstić information content (AvgIpc) is 1.84. The predicted octanol–water partition coefficient (Wildman–Crippen LogP) is 0.252. The zero-order valence-electron chi connectivity index (χ0n) is 8.24. The molecule has 0 aliphatic carbocycles. The molecule has 0 fully saturated rings. The van der Waals surface area contributed by atoms with Crippen LogP contribution in [0.5, 0.6) is 0 Å². The zero-order chi connectivity index (χ0) is 9.56. The summed E-state index contributed by atoms with van der Waals surface area (Å²) in [5, 5.41) is 3.01. The Bertz CT molecular complexity index is 183. The van der Waals surface area contributed by atoms with Gasteiger partial charge in [-0.2, -0.15) is 4.99 Å². The van der Waals surface area contributed by atoms with Crippen LogP contribution in [-0.2, 0) is 0 Å². The van der Waals surface area contributed by atoms with Crippen LogP contribution in [0.4, 0.5) is 0 Å². The van der Waals surface area contributed by atoms with Crippen molar-refractivity contribution in [3.63, 3.8) is 0 Å². The van der Waals surface area contributed by atoms with Gasteiger partial charge in [0, 0.05) is 12.6 Å². The molecule has 0 amide bonds. The van der Waals surface area contributed by atoms with Crippen molar-refractivity contribution in [2.75, 3.05) is 6.54 Å². The lowest BCUT2D eigenvalue weighted by Crippen LogP contribution is -2.33. The summed E-state index contributed by atoms with van der Waals surface area (Å²) in [6.07, 6.45) is 0. The molecule has 78 valence electrons. The summed E-state index contributed by atoms with van der Waals surface area (Å²) in [6.45, 7) is 6.57. The fraction of sp³-hybridized carbons (Fsp3) is 0.714. The third kappa shape index (κ3) is 9.38. The molecule has 0 spiro atoms. The SMILES string of the molecule is CCN=C(N=C(N)N)NC(C)C.I. The maximum absolute atomic E-state index is 5.21. The van der Waals surface area contributed by atoms with Crippen LogP contribution in [-0.4, -0.2) is 24.5 Å². The van der Waals surface area contributed by atoms with E-state index in [4.69, 9.17) is 11.5 Å². The Kier molecular flexibility index (Phi) is 9.31. The molecule has 0 aromatic carbocycles. The number of hydrogen-bond acceptors (Lipinski definition) is 1. The van der Waals surface area contributed by atoms with Crippen LogP contribution in [0, 0.1) is 0 Å². The second-order valence-corrected chi connectivity index (χ2v) is 2.63. The van der Waals surface area contributed by atoms with Crippen molar-refractivity contribution in [1.29, 1.82) is 0 Å². The van der Waals surface area contributed by atoms with E-state index in [2.05, 4.69) is 15.3 Å². The fourth-order valence-corrected chi connectivity index (χ4v) is 0.644. The van der Waals surface area contributed by atoms with Crippen molar-refractivity contribution in [2.24, 2.45) is 21.5 Å². The Morgan fingerprint density at radius 1 is 1.38 bits per heavy atom. The van der Waals surface area contributed by atoms with Crippen LogP contribution >= 0.6 is 24.0 Å². The molecule has 0 aromatic rings. The third-order valence-corrected chi connectivity index (χ3v) is 0.961. The van der Waals surface area contributed by atoms with Gasteiger partial charge in [-0.15, -0.1) is 24.0 Å². The normalized spacial score (nSPS) is 10.6. The molecule has 13 heavy (non-hydrogen) atoms. The third-order valence-electron chi connectivity index (χ3n) is 0.961. The molecule has 0 saturated carbocycles. The van der Waals surface area contributed by atoms with E-state index in [-0.39, 0.29) is 36.0 Å². The summed E-state index contributed by atoms with van der Waals surface area (Å²) in [4.78, 5) is 7.88. The molecule has 5 N–H and O–H groups in total. The van der Waals surface area contributed by atoms with Gasteiger partial charge in [-0.05, 0) is 20.8 Å². The van der Waals surface area contributed by atoms with E-state index in [9.17, 15) is 0 Å². The first-order valence-electron chi connectivity index (χ1n) is 3.96. The van der Waals surface area contributed by atoms with E-state index in [0.717, 1.165) is 0 Å². The van der Waals surface area contributed by atoms with E-state index in [1.54, 1.807) is 0 Å². The number of hydrogen-bond donors (Lipinski definition) is 3. The predicted molar refractivity (Wildman–Crippen MR) is 67.5 cm³/mol. The van der Waals surface area contributed by atoms with Crippen molar-refractivity contribution in [3.05, 3.63) is 0 Å². The van der Waals surface area contributed by atoms with Gasteiger partial charge in [0.1, 0.15) is 0 Å². The molecular formula is C7H18IN5. The second-order valence-electron chi connectivity index (χ2n) is 2.63. The van der Waals surface area contributed by atoms with E-state index < -0.39 is 0 Å². The maximum atomic E-state index is 5.21. The highest BCUT2D eigenvalue weighted by Crippen LogP contribution is 1.82. The van der Waals surface area contributed by atoms with Gasteiger partial charge in [0.15, 0.2) is 5.96 Å². The summed E-state index contributed by atoms with van der Waals surface area (Å²) in [6, 6.07) is 0.276. The van der Waals surface area contributed by atoms with Gasteiger partial charge >= 0.3 is 0 Å². The minimum absolute atomic E-state index is 0. The molecule has 5 nitrogen and oxygen atoms in total. The van der Waals surface area contributed by atoms with Gasteiger partial charge < -0.3 is 16.8 Å². The number of guanidine groups is 2. The molecule has 0 aliphatic rings. The Morgan fingerprint density at radius 3 is 2.23 bits per heavy atom. The standard InChI is InChI=1S/C7H17N5.HI/c1-4-10-7(11-5(2)3)12-6(8)9;/h5H,4H2,1-3H3,(H5,8,9,10,11,12);1H. The number of halogens is 1. The first-order valence-corrected chi connectivity index (χ1v) is 3.96. The van der Waals surface area contributed by atoms with Crippen molar-refractivity contribution in [2.45, 2.75) is 26.8 Å².